The van der Waals surface area contributed by atoms with Gasteiger partial charge in [0.15, 0.2) is 0 Å². The van der Waals surface area contributed by atoms with Crippen LogP contribution in [0.25, 0.3) is 0 Å². The summed E-state index contributed by atoms with van der Waals surface area (Å²) in [4.78, 5) is 19.6. The molecule has 4 heteroatoms. The van der Waals surface area contributed by atoms with E-state index < -0.39 is 0 Å². The van der Waals surface area contributed by atoms with Gasteiger partial charge < -0.3 is 4.90 Å². The van der Waals surface area contributed by atoms with Gasteiger partial charge in [-0.3, -0.25) is 9.78 Å². The summed E-state index contributed by atoms with van der Waals surface area (Å²) >= 11 is 6.69. The molecule has 1 aliphatic heterocycles. The van der Waals surface area contributed by atoms with Crippen LogP contribution in [-0.2, 0) is 18.3 Å². The standard InChI is InChI=1S/C36H35ClN2O/c1-27(2)21-23-39-33-20-19-30(37)24-31(33)36(25-28-12-5-3-6-13-28,26-29-14-7-4-8-15-29)35(39)18-11-17-34(40)32-16-9-10-22-38-32/h3-20,22,24,27H,21,23,25-26H2,1-2H3. The number of ketones is 1. The Bertz CT molecular complexity index is 1450. The van der Waals surface area contributed by atoms with Gasteiger partial charge in [-0.1, -0.05) is 98.3 Å². The molecule has 0 N–H and O–H groups in total. The van der Waals surface area contributed by atoms with E-state index in [1.807, 2.05) is 24.3 Å². The molecule has 3 nitrogen and oxygen atoms in total. The molecule has 0 saturated heterocycles. The molecule has 1 aromatic heterocycles. The van der Waals surface area contributed by atoms with Crippen LogP contribution in [0.2, 0.25) is 5.02 Å². The molecule has 0 amide bonds. The molecule has 0 aliphatic carbocycles. The van der Waals surface area contributed by atoms with Crippen LogP contribution in [0.1, 0.15) is 47.4 Å². The number of hydrogen-bond donors (Lipinski definition) is 0. The van der Waals surface area contributed by atoms with E-state index in [1.165, 1.54) is 28.1 Å². The molecule has 0 spiro atoms. The highest BCUT2D eigenvalue weighted by atomic mass is 35.5. The quantitative estimate of drug-likeness (QED) is 0.147. The molecule has 0 unspecified atom stereocenters. The fourth-order valence-corrected chi connectivity index (χ4v) is 5.85. The normalized spacial score (nSPS) is 15.2. The van der Waals surface area contributed by atoms with Crippen molar-refractivity contribution in [1.82, 2.24) is 4.98 Å². The van der Waals surface area contributed by atoms with Gasteiger partial charge in [-0.15, -0.1) is 0 Å². The third-order valence-electron chi connectivity index (χ3n) is 7.59. The van der Waals surface area contributed by atoms with Crippen LogP contribution in [0.15, 0.2) is 127 Å². The van der Waals surface area contributed by atoms with Crippen molar-refractivity contribution < 1.29 is 4.79 Å². The lowest BCUT2D eigenvalue weighted by atomic mass is 9.70. The number of benzene rings is 3. The van der Waals surface area contributed by atoms with Gasteiger partial charge >= 0.3 is 0 Å². The van der Waals surface area contributed by atoms with Crippen LogP contribution >= 0.6 is 11.6 Å². The maximum Gasteiger partial charge on any atom is 0.204 e. The lowest BCUT2D eigenvalue weighted by Crippen LogP contribution is -2.36. The van der Waals surface area contributed by atoms with Gasteiger partial charge in [0.05, 0.1) is 0 Å². The number of hydrogen-bond acceptors (Lipinski definition) is 3. The molecular weight excluding hydrogens is 512 g/mol. The zero-order valence-corrected chi connectivity index (χ0v) is 23.9. The van der Waals surface area contributed by atoms with Crippen molar-refractivity contribution in [2.45, 2.75) is 38.5 Å². The number of carbonyl (C=O) groups is 1. The zero-order chi connectivity index (χ0) is 28.0. The number of carbonyl (C=O) groups excluding carboxylic acids is 1. The van der Waals surface area contributed by atoms with Crippen molar-refractivity contribution in [2.24, 2.45) is 5.92 Å². The van der Waals surface area contributed by atoms with Gasteiger partial charge in [-0.05, 0) is 84.4 Å². The predicted octanol–water partition coefficient (Wildman–Crippen LogP) is 8.65. The first-order valence-electron chi connectivity index (χ1n) is 14.0. The average molecular weight is 547 g/mol. The van der Waals surface area contributed by atoms with Crippen LogP contribution in [0.5, 0.6) is 0 Å². The maximum atomic E-state index is 12.9. The van der Waals surface area contributed by atoms with Crippen LogP contribution < -0.4 is 4.90 Å². The molecule has 0 fully saturated rings. The van der Waals surface area contributed by atoms with Gasteiger partial charge in [0.25, 0.3) is 0 Å². The largest absolute Gasteiger partial charge is 0.344 e. The Morgan fingerprint density at radius 2 is 1.55 bits per heavy atom. The number of aromatic nitrogens is 1. The average Bonchev–Trinajstić information content (AvgIpc) is 3.20. The maximum absolute atomic E-state index is 12.9. The monoisotopic (exact) mass is 546 g/mol. The molecule has 4 aromatic rings. The predicted molar refractivity (Wildman–Crippen MR) is 166 cm³/mol. The summed E-state index contributed by atoms with van der Waals surface area (Å²) in [6, 6.07) is 33.0. The van der Waals surface area contributed by atoms with Crippen molar-refractivity contribution in [2.75, 3.05) is 11.4 Å². The lowest BCUT2D eigenvalue weighted by molar-refractivity contribution is 0.104. The minimum absolute atomic E-state index is 0.110. The van der Waals surface area contributed by atoms with Crippen LogP contribution in [0, 0.1) is 5.92 Å². The highest BCUT2D eigenvalue weighted by Crippen LogP contribution is 2.52. The van der Waals surface area contributed by atoms with Crippen molar-refractivity contribution >= 4 is 23.1 Å². The highest BCUT2D eigenvalue weighted by Gasteiger charge is 2.47. The minimum Gasteiger partial charge on any atom is -0.344 e. The van der Waals surface area contributed by atoms with Crippen molar-refractivity contribution in [3.05, 3.63) is 155 Å². The summed E-state index contributed by atoms with van der Waals surface area (Å²) in [5.74, 6) is 0.443. The molecular formula is C36H35ClN2O. The van der Waals surface area contributed by atoms with Crippen molar-refractivity contribution in [3.63, 3.8) is 0 Å². The van der Waals surface area contributed by atoms with Gasteiger partial charge in [0.2, 0.25) is 5.78 Å². The van der Waals surface area contributed by atoms with E-state index in [9.17, 15) is 4.79 Å². The van der Waals surface area contributed by atoms with E-state index in [0.29, 0.717) is 11.6 Å². The van der Waals surface area contributed by atoms with E-state index in [-0.39, 0.29) is 11.2 Å². The Labute approximate surface area is 242 Å². The van der Waals surface area contributed by atoms with E-state index in [2.05, 4.69) is 103 Å². The van der Waals surface area contributed by atoms with Crippen molar-refractivity contribution in [3.8, 4) is 0 Å². The smallest absolute Gasteiger partial charge is 0.204 e. The Hall–Kier alpha value is -3.95. The van der Waals surface area contributed by atoms with Gasteiger partial charge in [-0.25, -0.2) is 0 Å². The topological polar surface area (TPSA) is 33.2 Å². The van der Waals surface area contributed by atoms with Gasteiger partial charge in [0, 0.05) is 34.6 Å². The molecule has 0 saturated carbocycles. The van der Waals surface area contributed by atoms with Gasteiger partial charge in [-0.2, -0.15) is 0 Å². The SMILES string of the molecule is CC(C)CCN1C(=CC=CC(=O)c2ccccn2)C(Cc2ccccc2)(Cc2ccccc2)c2cc(Cl)ccc21. The highest BCUT2D eigenvalue weighted by molar-refractivity contribution is 6.30. The molecule has 202 valence electrons. The first-order chi connectivity index (χ1) is 19.5. The summed E-state index contributed by atoms with van der Waals surface area (Å²) < 4.78 is 0. The number of halogens is 1. The number of anilines is 1. The first kappa shape index (κ1) is 27.6. The number of fused-ring (bicyclic) bond motifs is 1. The first-order valence-corrected chi connectivity index (χ1v) is 14.3. The van der Waals surface area contributed by atoms with E-state index in [4.69, 9.17) is 11.6 Å². The molecule has 40 heavy (non-hydrogen) atoms. The molecule has 5 rings (SSSR count). The van der Waals surface area contributed by atoms with E-state index in [1.54, 1.807) is 18.3 Å². The second-order valence-corrected chi connectivity index (χ2v) is 11.3. The van der Waals surface area contributed by atoms with Crippen LogP contribution in [0.3, 0.4) is 0 Å². The number of rotatable bonds is 10. The van der Waals surface area contributed by atoms with Crippen molar-refractivity contribution in [1.29, 1.82) is 0 Å². The summed E-state index contributed by atoms with van der Waals surface area (Å²) in [5, 5.41) is 0.732. The van der Waals surface area contributed by atoms with Crippen LogP contribution in [-0.4, -0.2) is 17.3 Å². The van der Waals surface area contributed by atoms with E-state index >= 15 is 0 Å². The number of allylic oxidation sites excluding steroid dienone is 4. The molecule has 0 radical (unpaired) electrons. The Kier molecular flexibility index (Phi) is 8.62. The number of nitrogens with zero attached hydrogens (tertiary/aromatic N) is 2. The minimum atomic E-state index is -0.377. The molecule has 0 bridgehead atoms. The van der Waals surface area contributed by atoms with E-state index in [0.717, 1.165) is 30.8 Å². The second kappa shape index (κ2) is 12.5. The zero-order valence-electron chi connectivity index (χ0n) is 23.1. The second-order valence-electron chi connectivity index (χ2n) is 10.9. The van der Waals surface area contributed by atoms with Gasteiger partial charge in [0.1, 0.15) is 5.69 Å². The molecule has 0 atom stereocenters. The fourth-order valence-electron chi connectivity index (χ4n) is 5.67. The molecule has 2 heterocycles. The lowest BCUT2D eigenvalue weighted by Gasteiger charge is -2.35. The Morgan fingerprint density at radius 3 is 2.15 bits per heavy atom. The fraction of sp³-hybridized carbons (Fsp3) is 0.222. The summed E-state index contributed by atoms with van der Waals surface area (Å²) in [6.07, 6.45) is 9.97. The molecule has 3 aromatic carbocycles. The Balaban J connectivity index is 1.68. The summed E-state index contributed by atoms with van der Waals surface area (Å²) in [7, 11) is 0. The Morgan fingerprint density at radius 1 is 0.900 bits per heavy atom. The summed E-state index contributed by atoms with van der Waals surface area (Å²) in [6.45, 7) is 5.40. The summed E-state index contributed by atoms with van der Waals surface area (Å²) in [5.41, 5.74) is 6.18. The third-order valence-corrected chi connectivity index (χ3v) is 7.83. The third kappa shape index (κ3) is 6.11. The number of pyridine rings is 1. The van der Waals surface area contributed by atoms with Crippen LogP contribution in [0.4, 0.5) is 5.69 Å². The molecule has 1 aliphatic rings.